The van der Waals surface area contributed by atoms with Crippen molar-refractivity contribution < 1.29 is 31.1 Å². The molecule has 148 valence electrons. The van der Waals surface area contributed by atoms with E-state index in [2.05, 4.69) is 0 Å². The van der Waals surface area contributed by atoms with Crippen LogP contribution in [0.25, 0.3) is 0 Å². The second-order valence-electron chi connectivity index (χ2n) is 6.17. The van der Waals surface area contributed by atoms with Gasteiger partial charge in [-0.15, -0.1) is 0 Å². The van der Waals surface area contributed by atoms with Crippen molar-refractivity contribution in [2.24, 2.45) is 0 Å². The maximum Gasteiger partial charge on any atom is 0.347 e. The number of amides is 2. The zero-order chi connectivity index (χ0) is 20.5. The van der Waals surface area contributed by atoms with Crippen LogP contribution in [0.4, 0.5) is 0 Å². The lowest BCUT2D eigenvalue weighted by atomic mass is 10.1. The van der Waals surface area contributed by atoms with E-state index in [1.807, 2.05) is 0 Å². The van der Waals surface area contributed by atoms with Crippen LogP contribution >= 0.6 is 7.60 Å². The van der Waals surface area contributed by atoms with E-state index < -0.39 is 35.7 Å². The Morgan fingerprint density at radius 1 is 0.964 bits per heavy atom. The highest BCUT2D eigenvalue weighted by molar-refractivity contribution is 7.91. The highest BCUT2D eigenvalue weighted by Crippen LogP contribution is 2.50. The van der Waals surface area contributed by atoms with Gasteiger partial charge in [-0.1, -0.05) is 29.8 Å². The van der Waals surface area contributed by atoms with Gasteiger partial charge in [0, 0.05) is 13.7 Å². The molecule has 0 N–H and O–H groups in total. The first-order valence-electron chi connectivity index (χ1n) is 8.30. The van der Waals surface area contributed by atoms with E-state index in [9.17, 15) is 22.6 Å². The number of hydrogen-bond acceptors (Lipinski definition) is 7. The summed E-state index contributed by atoms with van der Waals surface area (Å²) in [7, 11) is -7.43. The molecule has 10 heteroatoms. The van der Waals surface area contributed by atoms with Gasteiger partial charge in [-0.25, -0.2) is 0 Å². The van der Waals surface area contributed by atoms with Gasteiger partial charge in [-0.05, 0) is 31.2 Å². The molecule has 1 atom stereocenters. The molecule has 0 spiro atoms. The van der Waals surface area contributed by atoms with E-state index in [4.69, 9.17) is 8.49 Å². The van der Waals surface area contributed by atoms with Crippen LogP contribution < -0.4 is 0 Å². The Labute approximate surface area is 162 Å². The van der Waals surface area contributed by atoms with Crippen LogP contribution in [0.3, 0.4) is 0 Å². The first-order chi connectivity index (χ1) is 13.2. The van der Waals surface area contributed by atoms with E-state index in [0.29, 0.717) is 0 Å². The van der Waals surface area contributed by atoms with Crippen LogP contribution in [0.1, 0.15) is 26.3 Å². The molecule has 28 heavy (non-hydrogen) atoms. The van der Waals surface area contributed by atoms with E-state index >= 15 is 0 Å². The highest BCUT2D eigenvalue weighted by Gasteiger charge is 2.38. The van der Waals surface area contributed by atoms with Crippen LogP contribution in [-0.4, -0.2) is 44.9 Å². The van der Waals surface area contributed by atoms with E-state index in [1.54, 1.807) is 31.2 Å². The minimum Gasteiger partial charge on any atom is -0.311 e. The predicted molar refractivity (Wildman–Crippen MR) is 101 cm³/mol. The zero-order valence-electron chi connectivity index (χ0n) is 15.2. The maximum atomic E-state index is 12.8. The monoisotopic (exact) mass is 423 g/mol. The van der Waals surface area contributed by atoms with Gasteiger partial charge >= 0.3 is 17.7 Å². The van der Waals surface area contributed by atoms with Crippen LogP contribution in [-0.2, 0) is 23.2 Å². The molecular formula is C18H18NO7PS. The lowest BCUT2D eigenvalue weighted by Gasteiger charge is -2.19. The Hall–Kier alpha value is -2.32. The average Bonchev–Trinajstić information content (AvgIpc) is 2.91. The molecule has 0 saturated carbocycles. The fraction of sp³-hybridized carbons (Fsp3) is 0.222. The van der Waals surface area contributed by atoms with E-state index in [1.165, 1.54) is 24.3 Å². The van der Waals surface area contributed by atoms with Gasteiger partial charge in [0.2, 0.25) is 0 Å². The molecule has 1 unspecified atom stereocenters. The number of fused-ring (bicyclic) bond motifs is 1. The van der Waals surface area contributed by atoms with Gasteiger partial charge in [-0.3, -0.25) is 19.1 Å². The van der Waals surface area contributed by atoms with Gasteiger partial charge in [0.25, 0.3) is 11.8 Å². The quantitative estimate of drug-likeness (QED) is 0.498. The van der Waals surface area contributed by atoms with Crippen molar-refractivity contribution in [3.8, 4) is 0 Å². The smallest absolute Gasteiger partial charge is 0.311 e. The third kappa shape index (κ3) is 3.93. The minimum absolute atomic E-state index is 0.170. The Balaban J connectivity index is 1.75. The first kappa shape index (κ1) is 20.4. The highest BCUT2D eigenvalue weighted by atomic mass is 32.2. The summed E-state index contributed by atoms with van der Waals surface area (Å²) < 4.78 is 47.3. The molecule has 1 aliphatic heterocycles. The normalized spacial score (nSPS) is 16.1. The number of carbonyl (C=O) groups is 2. The van der Waals surface area contributed by atoms with Gasteiger partial charge in [0.05, 0.1) is 22.2 Å². The number of aryl methyl sites for hydroxylation is 1. The summed E-state index contributed by atoms with van der Waals surface area (Å²) in [6.45, 7) is 1.49. The molecule has 2 aromatic rings. The molecule has 8 nitrogen and oxygen atoms in total. The van der Waals surface area contributed by atoms with Gasteiger partial charge < -0.3 is 4.52 Å². The Bertz CT molecular complexity index is 1040. The summed E-state index contributed by atoms with van der Waals surface area (Å²) in [5.41, 5.74) is 1.33. The summed E-state index contributed by atoms with van der Waals surface area (Å²) in [5, 5.41) is 0. The van der Waals surface area contributed by atoms with Crippen molar-refractivity contribution in [3.63, 3.8) is 0 Å². The molecule has 0 saturated heterocycles. The van der Waals surface area contributed by atoms with E-state index in [-0.39, 0.29) is 22.6 Å². The Kier molecular flexibility index (Phi) is 5.54. The van der Waals surface area contributed by atoms with Crippen LogP contribution in [0.5, 0.6) is 0 Å². The van der Waals surface area contributed by atoms with Gasteiger partial charge in [0.15, 0.2) is 0 Å². The van der Waals surface area contributed by atoms with Crippen molar-refractivity contribution in [2.45, 2.75) is 11.8 Å². The number of carbonyl (C=O) groups excluding carboxylic acids is 2. The van der Waals surface area contributed by atoms with Crippen LogP contribution in [0.2, 0.25) is 0 Å². The van der Waals surface area contributed by atoms with Crippen molar-refractivity contribution >= 4 is 29.5 Å². The molecule has 0 aromatic heterocycles. The third-order valence-corrected chi connectivity index (χ3v) is 8.12. The standard InChI is InChI=1S/C18H18NO7PS/c1-13-7-9-14(10-8-13)28(23,24)26-27(22,25-2)12-11-19-17(20)15-5-3-4-6-16(15)18(19)21/h3-10H,11-12H2,1-2H3. The Morgan fingerprint density at radius 3 is 2.00 bits per heavy atom. The summed E-state index contributed by atoms with van der Waals surface area (Å²) >= 11 is 0. The molecule has 2 amide bonds. The number of hydrogen-bond donors (Lipinski definition) is 0. The molecule has 0 fully saturated rings. The summed E-state index contributed by atoms with van der Waals surface area (Å²) in [6, 6.07) is 12.1. The third-order valence-electron chi connectivity index (χ3n) is 4.28. The van der Waals surface area contributed by atoms with Crippen molar-refractivity contribution in [1.29, 1.82) is 0 Å². The Morgan fingerprint density at radius 2 is 1.50 bits per heavy atom. The molecule has 0 aliphatic carbocycles. The molecule has 0 radical (unpaired) electrons. The largest absolute Gasteiger partial charge is 0.347 e. The number of imide groups is 1. The molecule has 2 aromatic carbocycles. The van der Waals surface area contributed by atoms with Gasteiger partial charge in [0.1, 0.15) is 0 Å². The molecule has 3 rings (SSSR count). The first-order valence-corrected chi connectivity index (χ1v) is 11.4. The second kappa shape index (κ2) is 7.60. The van der Waals surface area contributed by atoms with Crippen molar-refractivity contribution in [3.05, 3.63) is 65.2 Å². The molecule has 1 aliphatic rings. The van der Waals surface area contributed by atoms with Gasteiger partial charge in [-0.2, -0.15) is 12.4 Å². The fourth-order valence-corrected chi connectivity index (χ4v) is 5.90. The maximum absolute atomic E-state index is 12.8. The lowest BCUT2D eigenvalue weighted by Crippen LogP contribution is -2.32. The van der Waals surface area contributed by atoms with E-state index in [0.717, 1.165) is 17.6 Å². The number of nitrogens with zero attached hydrogens (tertiary/aromatic N) is 1. The lowest BCUT2D eigenvalue weighted by molar-refractivity contribution is 0.0662. The minimum atomic E-state index is -4.35. The summed E-state index contributed by atoms with van der Waals surface area (Å²) in [5.74, 6) is -1.07. The van der Waals surface area contributed by atoms with Crippen molar-refractivity contribution in [1.82, 2.24) is 4.90 Å². The SMILES string of the molecule is COP(=O)(CCN1C(=O)c2ccccc2C1=O)OS(=O)(=O)c1ccc(C)cc1. The number of benzene rings is 2. The summed E-state index contributed by atoms with van der Waals surface area (Å²) in [4.78, 5) is 25.5. The van der Waals surface area contributed by atoms with Crippen LogP contribution in [0.15, 0.2) is 53.4 Å². The topological polar surface area (TPSA) is 107 Å². The second-order valence-corrected chi connectivity index (χ2v) is 10.2. The zero-order valence-corrected chi connectivity index (χ0v) is 16.9. The predicted octanol–water partition coefficient (Wildman–Crippen LogP) is 2.84. The molecular weight excluding hydrogens is 405 g/mol. The average molecular weight is 423 g/mol. The van der Waals surface area contributed by atoms with Crippen molar-refractivity contribution in [2.75, 3.05) is 19.8 Å². The fourth-order valence-electron chi connectivity index (χ4n) is 2.72. The molecule has 1 heterocycles. The summed E-state index contributed by atoms with van der Waals surface area (Å²) in [6.07, 6.45) is -0.458. The van der Waals surface area contributed by atoms with Crippen LogP contribution in [0, 0.1) is 6.92 Å². The number of rotatable bonds is 7. The molecule has 0 bridgehead atoms.